The molecule has 0 fully saturated rings. The first-order valence-electron chi connectivity index (χ1n) is 6.15. The van der Waals surface area contributed by atoms with Crippen molar-refractivity contribution in [2.45, 2.75) is 25.9 Å². The standard InChI is InChI=1S/C14H19N3O/c1-3-17-14(13(18-2)10-16-17)12(15)9-11-7-5-4-6-8-11/h4-8,10,12H,3,9,15H2,1-2H3. The van der Waals surface area contributed by atoms with Gasteiger partial charge in [0.05, 0.1) is 25.0 Å². The molecule has 0 aliphatic carbocycles. The highest BCUT2D eigenvalue weighted by molar-refractivity contribution is 5.30. The van der Waals surface area contributed by atoms with Gasteiger partial charge in [-0.3, -0.25) is 4.68 Å². The van der Waals surface area contributed by atoms with E-state index in [0.717, 1.165) is 24.4 Å². The van der Waals surface area contributed by atoms with Crippen LogP contribution in [0.5, 0.6) is 5.75 Å². The Labute approximate surface area is 107 Å². The molecule has 1 unspecified atom stereocenters. The molecular formula is C14H19N3O. The molecule has 0 aliphatic rings. The van der Waals surface area contributed by atoms with Crippen molar-refractivity contribution in [3.8, 4) is 5.75 Å². The van der Waals surface area contributed by atoms with E-state index < -0.39 is 0 Å². The van der Waals surface area contributed by atoms with Gasteiger partial charge in [0.1, 0.15) is 0 Å². The van der Waals surface area contributed by atoms with Crippen molar-refractivity contribution < 1.29 is 4.74 Å². The van der Waals surface area contributed by atoms with Crippen LogP contribution in [0.15, 0.2) is 36.5 Å². The highest BCUT2D eigenvalue weighted by Crippen LogP contribution is 2.25. The van der Waals surface area contributed by atoms with Crippen LogP contribution in [0.1, 0.15) is 24.2 Å². The molecule has 18 heavy (non-hydrogen) atoms. The first kappa shape index (κ1) is 12.6. The summed E-state index contributed by atoms with van der Waals surface area (Å²) >= 11 is 0. The van der Waals surface area contributed by atoms with Crippen molar-refractivity contribution in [1.82, 2.24) is 9.78 Å². The summed E-state index contributed by atoms with van der Waals surface area (Å²) in [6, 6.07) is 10.1. The van der Waals surface area contributed by atoms with Crippen molar-refractivity contribution in [2.24, 2.45) is 5.73 Å². The molecule has 4 nitrogen and oxygen atoms in total. The summed E-state index contributed by atoms with van der Waals surface area (Å²) in [5, 5.41) is 4.28. The minimum absolute atomic E-state index is 0.107. The van der Waals surface area contributed by atoms with Crippen molar-refractivity contribution in [3.63, 3.8) is 0 Å². The molecule has 0 saturated heterocycles. The summed E-state index contributed by atoms with van der Waals surface area (Å²) < 4.78 is 7.22. The summed E-state index contributed by atoms with van der Waals surface area (Å²) in [7, 11) is 1.65. The molecule has 1 aromatic carbocycles. The minimum atomic E-state index is -0.107. The van der Waals surface area contributed by atoms with E-state index in [1.165, 1.54) is 5.56 Å². The summed E-state index contributed by atoms with van der Waals surface area (Å²) in [5.41, 5.74) is 8.46. The summed E-state index contributed by atoms with van der Waals surface area (Å²) in [6.07, 6.45) is 2.51. The molecule has 0 bridgehead atoms. The first-order valence-corrected chi connectivity index (χ1v) is 6.15. The molecule has 0 saturated carbocycles. The third kappa shape index (κ3) is 2.54. The van der Waals surface area contributed by atoms with Gasteiger partial charge in [0, 0.05) is 6.54 Å². The number of aryl methyl sites for hydroxylation is 1. The maximum absolute atomic E-state index is 6.28. The van der Waals surface area contributed by atoms with Crippen molar-refractivity contribution >= 4 is 0 Å². The maximum Gasteiger partial charge on any atom is 0.161 e. The number of rotatable bonds is 5. The van der Waals surface area contributed by atoms with E-state index in [1.807, 2.05) is 29.8 Å². The molecule has 1 atom stereocenters. The average Bonchev–Trinajstić information content (AvgIpc) is 2.82. The number of methoxy groups -OCH3 is 1. The van der Waals surface area contributed by atoms with E-state index in [1.54, 1.807) is 13.3 Å². The van der Waals surface area contributed by atoms with Gasteiger partial charge in [0.25, 0.3) is 0 Å². The number of aromatic nitrogens is 2. The quantitative estimate of drug-likeness (QED) is 0.878. The van der Waals surface area contributed by atoms with Crippen LogP contribution in [-0.2, 0) is 13.0 Å². The van der Waals surface area contributed by atoms with Gasteiger partial charge in [-0.25, -0.2) is 0 Å². The number of hydrogen-bond donors (Lipinski definition) is 1. The zero-order chi connectivity index (χ0) is 13.0. The second-order valence-electron chi connectivity index (χ2n) is 4.21. The third-order valence-electron chi connectivity index (χ3n) is 3.01. The number of hydrogen-bond acceptors (Lipinski definition) is 3. The number of ether oxygens (including phenoxy) is 1. The molecule has 0 amide bonds. The Hall–Kier alpha value is -1.81. The van der Waals surface area contributed by atoms with E-state index in [0.29, 0.717) is 0 Å². The Morgan fingerprint density at radius 2 is 2.06 bits per heavy atom. The Balaban J connectivity index is 2.22. The molecular weight excluding hydrogens is 226 g/mol. The highest BCUT2D eigenvalue weighted by atomic mass is 16.5. The lowest BCUT2D eigenvalue weighted by Crippen LogP contribution is -2.19. The summed E-state index contributed by atoms with van der Waals surface area (Å²) in [5.74, 6) is 0.764. The molecule has 2 rings (SSSR count). The normalized spacial score (nSPS) is 12.4. The molecule has 1 aromatic heterocycles. The predicted molar refractivity (Wildman–Crippen MR) is 71.5 cm³/mol. The predicted octanol–water partition coefficient (Wildman–Crippen LogP) is 2.15. The van der Waals surface area contributed by atoms with Crippen LogP contribution in [0, 0.1) is 0 Å². The van der Waals surface area contributed by atoms with E-state index in [4.69, 9.17) is 10.5 Å². The fraction of sp³-hybridized carbons (Fsp3) is 0.357. The van der Waals surface area contributed by atoms with Crippen LogP contribution in [0.2, 0.25) is 0 Å². The van der Waals surface area contributed by atoms with Gasteiger partial charge in [0.15, 0.2) is 5.75 Å². The molecule has 2 N–H and O–H groups in total. The van der Waals surface area contributed by atoms with Gasteiger partial charge >= 0.3 is 0 Å². The summed E-state index contributed by atoms with van der Waals surface area (Å²) in [6.45, 7) is 2.84. The zero-order valence-electron chi connectivity index (χ0n) is 10.8. The van der Waals surface area contributed by atoms with E-state index in [-0.39, 0.29) is 6.04 Å². The molecule has 96 valence electrons. The summed E-state index contributed by atoms with van der Waals surface area (Å²) in [4.78, 5) is 0. The number of benzene rings is 1. The highest BCUT2D eigenvalue weighted by Gasteiger charge is 2.18. The molecule has 1 heterocycles. The molecule has 4 heteroatoms. The van der Waals surface area contributed by atoms with Crippen molar-refractivity contribution in [3.05, 3.63) is 47.8 Å². The average molecular weight is 245 g/mol. The van der Waals surface area contributed by atoms with E-state index >= 15 is 0 Å². The fourth-order valence-corrected chi connectivity index (χ4v) is 2.13. The number of nitrogens with two attached hydrogens (primary N) is 1. The molecule has 0 radical (unpaired) electrons. The van der Waals surface area contributed by atoms with Crippen LogP contribution >= 0.6 is 0 Å². The topological polar surface area (TPSA) is 53.1 Å². The van der Waals surface area contributed by atoms with Crippen LogP contribution < -0.4 is 10.5 Å². The first-order chi connectivity index (χ1) is 8.76. The largest absolute Gasteiger partial charge is 0.493 e. The minimum Gasteiger partial charge on any atom is -0.493 e. The van der Waals surface area contributed by atoms with Crippen LogP contribution in [0.4, 0.5) is 0 Å². The lowest BCUT2D eigenvalue weighted by molar-refractivity contribution is 0.401. The van der Waals surface area contributed by atoms with E-state index in [9.17, 15) is 0 Å². The molecule has 2 aromatic rings. The van der Waals surface area contributed by atoms with Gasteiger partial charge < -0.3 is 10.5 Å². The van der Waals surface area contributed by atoms with Crippen molar-refractivity contribution in [2.75, 3.05) is 7.11 Å². The lowest BCUT2D eigenvalue weighted by atomic mass is 10.0. The van der Waals surface area contributed by atoms with Crippen LogP contribution in [0.25, 0.3) is 0 Å². The lowest BCUT2D eigenvalue weighted by Gasteiger charge is -2.15. The zero-order valence-corrected chi connectivity index (χ0v) is 10.8. The Morgan fingerprint density at radius 1 is 1.33 bits per heavy atom. The van der Waals surface area contributed by atoms with Crippen molar-refractivity contribution in [1.29, 1.82) is 0 Å². The SMILES string of the molecule is CCn1ncc(OC)c1C(N)Cc1ccccc1. The van der Waals surface area contributed by atoms with Crippen LogP contribution in [-0.4, -0.2) is 16.9 Å². The van der Waals surface area contributed by atoms with Gasteiger partial charge in [0.2, 0.25) is 0 Å². The maximum atomic E-state index is 6.28. The third-order valence-corrected chi connectivity index (χ3v) is 3.01. The van der Waals surface area contributed by atoms with E-state index in [2.05, 4.69) is 17.2 Å². The second-order valence-corrected chi connectivity index (χ2v) is 4.21. The van der Waals surface area contributed by atoms with Gasteiger partial charge in [-0.1, -0.05) is 30.3 Å². The van der Waals surface area contributed by atoms with Gasteiger partial charge in [-0.15, -0.1) is 0 Å². The van der Waals surface area contributed by atoms with Crippen LogP contribution in [0.3, 0.4) is 0 Å². The molecule has 0 aliphatic heterocycles. The second kappa shape index (κ2) is 5.69. The van der Waals surface area contributed by atoms with Gasteiger partial charge in [-0.2, -0.15) is 5.10 Å². The Morgan fingerprint density at radius 3 is 2.67 bits per heavy atom. The number of nitrogens with zero attached hydrogens (tertiary/aromatic N) is 2. The molecule has 0 spiro atoms. The monoisotopic (exact) mass is 245 g/mol. The smallest absolute Gasteiger partial charge is 0.161 e. The van der Waals surface area contributed by atoms with Gasteiger partial charge in [-0.05, 0) is 18.9 Å². The Kier molecular flexibility index (Phi) is 3.99. The fourth-order valence-electron chi connectivity index (χ4n) is 2.13. The Bertz CT molecular complexity index is 471.